The smallest absolute Gasteiger partial charge is 0.414 e. The molecule has 1 aliphatic heterocycles. The minimum absolute atomic E-state index is 0.362. The van der Waals surface area contributed by atoms with Gasteiger partial charge in [0.05, 0.1) is 19.9 Å². The lowest BCUT2D eigenvalue weighted by atomic mass is 9.93. The molecule has 1 atom stereocenters. The molecule has 0 spiro atoms. The number of hydrogen-bond donors (Lipinski definition) is 0. The van der Waals surface area contributed by atoms with Crippen molar-refractivity contribution in [2.75, 3.05) is 30.6 Å². The molecule has 1 aromatic carbocycles. The summed E-state index contributed by atoms with van der Waals surface area (Å²) in [5.41, 5.74) is 1.05. The Bertz CT molecular complexity index is 520. The van der Waals surface area contributed by atoms with E-state index < -0.39 is 5.60 Å². The fourth-order valence-corrected chi connectivity index (χ4v) is 2.65. The van der Waals surface area contributed by atoms with E-state index in [2.05, 4.69) is 22.6 Å². The number of carbonyl (C=O) groups excluding carboxylic acids is 1. The summed E-state index contributed by atoms with van der Waals surface area (Å²) in [4.78, 5) is 13.4. The summed E-state index contributed by atoms with van der Waals surface area (Å²) < 4.78 is 16.8. The molecule has 1 aliphatic rings. The molecule has 0 N–H and O–H groups in total. The molecule has 0 saturated heterocycles. The van der Waals surface area contributed by atoms with Gasteiger partial charge in [0, 0.05) is 23.1 Å². The van der Waals surface area contributed by atoms with Gasteiger partial charge >= 0.3 is 6.09 Å². The maximum atomic E-state index is 11.9. The number of cyclic esters (lactones) is 1. The van der Waals surface area contributed by atoms with E-state index in [9.17, 15) is 4.79 Å². The van der Waals surface area contributed by atoms with Crippen molar-refractivity contribution in [1.82, 2.24) is 0 Å². The SMILES string of the molecule is COc1cc2c(cc1OC)C(C)(CI)OC(=O)N2C. The molecule has 0 aliphatic carbocycles. The average Bonchev–Trinajstić information content (AvgIpc) is 2.43. The van der Waals surface area contributed by atoms with Crippen LogP contribution in [0, 0.1) is 0 Å². The number of alkyl halides is 1. The summed E-state index contributed by atoms with van der Waals surface area (Å²) in [6.45, 7) is 1.90. The third kappa shape index (κ3) is 2.22. The van der Waals surface area contributed by atoms with Crippen molar-refractivity contribution in [3.8, 4) is 11.5 Å². The number of methoxy groups -OCH3 is 2. The molecule has 0 radical (unpaired) electrons. The summed E-state index contributed by atoms with van der Waals surface area (Å²) >= 11 is 2.21. The second-order valence-corrected chi connectivity index (χ2v) is 5.28. The molecule has 1 unspecified atom stereocenters. The van der Waals surface area contributed by atoms with Crippen molar-refractivity contribution in [2.24, 2.45) is 0 Å². The predicted octanol–water partition coefficient (Wildman–Crippen LogP) is 2.94. The summed E-state index contributed by atoms with van der Waals surface area (Å²) in [6.07, 6.45) is -0.362. The fourth-order valence-electron chi connectivity index (χ4n) is 2.08. The Labute approximate surface area is 126 Å². The minimum Gasteiger partial charge on any atom is -0.493 e. The van der Waals surface area contributed by atoms with Gasteiger partial charge in [0.15, 0.2) is 11.5 Å². The van der Waals surface area contributed by atoms with Crippen molar-refractivity contribution >= 4 is 34.4 Å². The third-order valence-corrected chi connectivity index (χ3v) is 4.73. The van der Waals surface area contributed by atoms with Crippen LogP contribution in [0.15, 0.2) is 12.1 Å². The number of fused-ring (bicyclic) bond motifs is 1. The summed E-state index contributed by atoms with van der Waals surface area (Å²) in [6, 6.07) is 3.68. The Kier molecular flexibility index (Phi) is 3.80. The average molecular weight is 377 g/mol. The van der Waals surface area contributed by atoms with Crippen molar-refractivity contribution in [3.05, 3.63) is 17.7 Å². The van der Waals surface area contributed by atoms with Gasteiger partial charge in [-0.3, -0.25) is 4.90 Å². The number of ether oxygens (including phenoxy) is 3. The highest BCUT2D eigenvalue weighted by atomic mass is 127. The molecule has 0 fully saturated rings. The van der Waals surface area contributed by atoms with E-state index in [1.54, 1.807) is 27.3 Å². The van der Waals surface area contributed by atoms with Crippen LogP contribution in [0.25, 0.3) is 0 Å². The van der Waals surface area contributed by atoms with E-state index in [1.807, 2.05) is 13.0 Å². The predicted molar refractivity (Wildman–Crippen MR) is 80.7 cm³/mol. The van der Waals surface area contributed by atoms with Gasteiger partial charge in [-0.25, -0.2) is 4.79 Å². The third-order valence-electron chi connectivity index (χ3n) is 3.27. The molecular weight excluding hydrogens is 361 g/mol. The van der Waals surface area contributed by atoms with Gasteiger partial charge in [0.2, 0.25) is 0 Å². The normalized spacial score (nSPS) is 21.7. The number of anilines is 1. The number of benzene rings is 1. The van der Waals surface area contributed by atoms with E-state index in [4.69, 9.17) is 14.2 Å². The van der Waals surface area contributed by atoms with Crippen LogP contribution < -0.4 is 14.4 Å². The number of nitrogens with zero attached hydrogens (tertiary/aromatic N) is 1. The number of hydrogen-bond acceptors (Lipinski definition) is 4. The Morgan fingerprint density at radius 2 is 1.89 bits per heavy atom. The van der Waals surface area contributed by atoms with Crippen LogP contribution >= 0.6 is 22.6 Å². The van der Waals surface area contributed by atoms with E-state index in [-0.39, 0.29) is 6.09 Å². The van der Waals surface area contributed by atoms with Gasteiger partial charge in [-0.1, -0.05) is 22.6 Å². The maximum Gasteiger partial charge on any atom is 0.414 e. The molecular formula is C13H16INO4. The Morgan fingerprint density at radius 1 is 1.32 bits per heavy atom. The van der Waals surface area contributed by atoms with E-state index in [0.29, 0.717) is 15.9 Å². The molecule has 1 amide bonds. The fraction of sp³-hybridized carbons (Fsp3) is 0.462. The van der Waals surface area contributed by atoms with Gasteiger partial charge in [-0.2, -0.15) is 0 Å². The van der Waals surface area contributed by atoms with Crippen LogP contribution in [0.5, 0.6) is 11.5 Å². The van der Waals surface area contributed by atoms with E-state index in [1.165, 1.54) is 4.90 Å². The topological polar surface area (TPSA) is 48.0 Å². The lowest BCUT2D eigenvalue weighted by molar-refractivity contribution is 0.0418. The van der Waals surface area contributed by atoms with Crippen molar-refractivity contribution in [1.29, 1.82) is 0 Å². The first-order valence-electron chi connectivity index (χ1n) is 5.76. The Balaban J connectivity index is 2.68. The summed E-state index contributed by atoms with van der Waals surface area (Å²) in [7, 11) is 4.84. The highest BCUT2D eigenvalue weighted by molar-refractivity contribution is 14.1. The van der Waals surface area contributed by atoms with Crippen LogP contribution in [-0.4, -0.2) is 31.8 Å². The lowest BCUT2D eigenvalue weighted by Crippen LogP contribution is -2.43. The first kappa shape index (κ1) is 14.2. The first-order valence-corrected chi connectivity index (χ1v) is 7.28. The quantitative estimate of drug-likeness (QED) is 0.601. The Morgan fingerprint density at radius 3 is 2.42 bits per heavy atom. The second-order valence-electron chi connectivity index (χ2n) is 4.52. The zero-order chi connectivity index (χ0) is 14.2. The van der Waals surface area contributed by atoms with Crippen LogP contribution in [0.4, 0.5) is 10.5 Å². The monoisotopic (exact) mass is 377 g/mol. The molecule has 19 heavy (non-hydrogen) atoms. The standard InChI is InChI=1S/C13H16INO4/c1-13(7-14)8-5-10(17-3)11(18-4)6-9(8)15(2)12(16)19-13/h5-6H,7H2,1-4H3. The van der Waals surface area contributed by atoms with E-state index >= 15 is 0 Å². The van der Waals surface area contributed by atoms with Crippen molar-refractivity contribution in [2.45, 2.75) is 12.5 Å². The second kappa shape index (κ2) is 5.07. The molecule has 1 aromatic rings. The largest absolute Gasteiger partial charge is 0.493 e. The van der Waals surface area contributed by atoms with Gasteiger partial charge in [0.1, 0.15) is 5.60 Å². The van der Waals surface area contributed by atoms with E-state index in [0.717, 1.165) is 11.3 Å². The molecule has 1 heterocycles. The molecule has 5 nitrogen and oxygen atoms in total. The molecule has 0 saturated carbocycles. The molecule has 0 aromatic heterocycles. The highest BCUT2D eigenvalue weighted by Gasteiger charge is 2.40. The van der Waals surface area contributed by atoms with Crippen LogP contribution in [-0.2, 0) is 10.3 Å². The number of carbonyl (C=O) groups is 1. The van der Waals surface area contributed by atoms with Gasteiger partial charge in [-0.05, 0) is 13.0 Å². The molecule has 6 heteroatoms. The van der Waals surface area contributed by atoms with Crippen molar-refractivity contribution < 1.29 is 19.0 Å². The zero-order valence-electron chi connectivity index (χ0n) is 11.3. The summed E-state index contributed by atoms with van der Waals surface area (Å²) in [5, 5.41) is 0. The zero-order valence-corrected chi connectivity index (χ0v) is 13.5. The van der Waals surface area contributed by atoms with Crippen molar-refractivity contribution in [3.63, 3.8) is 0 Å². The Hall–Kier alpha value is -1.18. The lowest BCUT2D eigenvalue weighted by Gasteiger charge is -2.38. The maximum absolute atomic E-state index is 11.9. The van der Waals surface area contributed by atoms with Crippen LogP contribution in [0.3, 0.4) is 0 Å². The minimum atomic E-state index is -0.654. The first-order chi connectivity index (χ1) is 8.96. The van der Waals surface area contributed by atoms with Crippen LogP contribution in [0.1, 0.15) is 12.5 Å². The number of amides is 1. The molecule has 2 rings (SSSR count). The highest BCUT2D eigenvalue weighted by Crippen LogP contribution is 2.45. The van der Waals surface area contributed by atoms with Gasteiger partial charge in [0.25, 0.3) is 0 Å². The summed E-state index contributed by atoms with van der Waals surface area (Å²) in [5.74, 6) is 1.22. The molecule has 104 valence electrons. The number of halogens is 1. The van der Waals surface area contributed by atoms with Crippen LogP contribution in [0.2, 0.25) is 0 Å². The number of rotatable bonds is 3. The van der Waals surface area contributed by atoms with Gasteiger partial charge in [-0.15, -0.1) is 0 Å². The molecule has 0 bridgehead atoms. The van der Waals surface area contributed by atoms with Gasteiger partial charge < -0.3 is 14.2 Å².